The lowest BCUT2D eigenvalue weighted by Crippen LogP contribution is -2.66. The topological polar surface area (TPSA) is 216 Å². The molecule has 6 N–H and O–H groups in total. The van der Waals surface area contributed by atoms with Gasteiger partial charge in [-0.25, -0.2) is 0 Å². The van der Waals surface area contributed by atoms with Crippen molar-refractivity contribution in [2.24, 2.45) is 28.6 Å². The summed E-state index contributed by atoms with van der Waals surface area (Å²) in [5.41, 5.74) is -6.03. The Hall–Kier alpha value is -4.71. The average Bonchev–Trinajstić information content (AvgIpc) is 3.50. The first kappa shape index (κ1) is 29.4. The van der Waals surface area contributed by atoms with Gasteiger partial charge in [-0.05, 0) is 80.0 Å². The fourth-order valence-electron chi connectivity index (χ4n) is 8.65. The molecule has 0 saturated heterocycles. The van der Waals surface area contributed by atoms with Gasteiger partial charge in [0.05, 0.1) is 17.2 Å². The van der Waals surface area contributed by atoms with Crippen molar-refractivity contribution in [3.05, 3.63) is 59.2 Å². The first-order valence-corrected chi connectivity index (χ1v) is 14.2. The van der Waals surface area contributed by atoms with Gasteiger partial charge < -0.3 is 35.4 Å². The number of benzene rings is 2. The van der Waals surface area contributed by atoms with Gasteiger partial charge in [-0.2, -0.15) is 0 Å². The number of aromatic hydroxyl groups is 3. The van der Waals surface area contributed by atoms with Gasteiger partial charge in [-0.15, -0.1) is 0 Å². The minimum absolute atomic E-state index is 0.0234. The normalized spacial score (nSPS) is 33.8. The Kier molecular flexibility index (Phi) is 6.62. The summed E-state index contributed by atoms with van der Waals surface area (Å²) in [6, 6.07) is 7.00. The summed E-state index contributed by atoms with van der Waals surface area (Å²) >= 11 is 0. The summed E-state index contributed by atoms with van der Waals surface area (Å²) < 4.78 is 6.24. The fraction of sp³-hybridized carbons (Fsp3) is 0.406. The molecule has 2 aromatic carbocycles. The predicted octanol–water partition coefficient (Wildman–Crippen LogP) is 2.86. The zero-order valence-electron chi connectivity index (χ0n) is 23.3. The Bertz CT molecular complexity index is 1660. The van der Waals surface area contributed by atoms with E-state index in [1.54, 1.807) is 6.08 Å². The number of aliphatic hydroxyl groups is 1. The molecule has 7 atom stereocenters. The standard InChI is InChI=1S/C32H30O12/c33-14-16-7-15-10-30(12-16,28(41)31(11-15,29(42)43)13-23(37)19-8-17(34)1-4-22(19)36)25-6-3-21(27(39)40)32(25)26(38)20-9-18(35)2-5-24(20)44-32/h1-2,4-5,7-9,14-15,21,25,28,34-36,41H,3,6,10-13H2,(H,39,40)(H,42,43). The summed E-state index contributed by atoms with van der Waals surface area (Å²) in [7, 11) is 0. The van der Waals surface area contributed by atoms with Crippen LogP contribution in [0.5, 0.6) is 23.0 Å². The summed E-state index contributed by atoms with van der Waals surface area (Å²) in [5.74, 6) is -8.68. The van der Waals surface area contributed by atoms with E-state index in [1.165, 1.54) is 12.1 Å². The molecule has 2 aromatic rings. The highest BCUT2D eigenvalue weighted by Gasteiger charge is 2.73. The molecule has 1 spiro atoms. The number of hydrogen-bond acceptors (Lipinski definition) is 10. The maximum absolute atomic E-state index is 14.2. The Labute approximate surface area is 250 Å². The van der Waals surface area contributed by atoms with Crippen LogP contribution in [0, 0.1) is 28.6 Å². The highest BCUT2D eigenvalue weighted by molar-refractivity contribution is 6.10. The number of aldehydes is 1. The van der Waals surface area contributed by atoms with Gasteiger partial charge in [0.1, 0.15) is 40.6 Å². The first-order valence-electron chi connectivity index (χ1n) is 14.2. The molecule has 2 saturated carbocycles. The van der Waals surface area contributed by atoms with E-state index < -0.39 is 76.0 Å². The van der Waals surface area contributed by atoms with E-state index in [9.17, 15) is 54.6 Å². The summed E-state index contributed by atoms with van der Waals surface area (Å²) in [6.07, 6.45) is -0.916. The predicted molar refractivity (Wildman–Crippen MR) is 148 cm³/mol. The molecule has 0 radical (unpaired) electrons. The molecule has 0 amide bonds. The summed E-state index contributed by atoms with van der Waals surface area (Å²) in [6.45, 7) is 0. The molecular formula is C32H30O12. The van der Waals surface area contributed by atoms with Crippen molar-refractivity contribution in [3.8, 4) is 23.0 Å². The molecule has 12 heteroatoms. The van der Waals surface area contributed by atoms with Crippen LogP contribution in [-0.4, -0.2) is 72.1 Å². The van der Waals surface area contributed by atoms with Crippen molar-refractivity contribution < 1.29 is 59.3 Å². The molecule has 230 valence electrons. The Morgan fingerprint density at radius 1 is 0.977 bits per heavy atom. The van der Waals surface area contributed by atoms with Crippen LogP contribution in [0.1, 0.15) is 59.2 Å². The monoisotopic (exact) mass is 606 g/mol. The number of fused-ring (bicyclic) bond motifs is 3. The zero-order chi connectivity index (χ0) is 31.8. The summed E-state index contributed by atoms with van der Waals surface area (Å²) in [4.78, 5) is 65.7. The van der Waals surface area contributed by atoms with Gasteiger partial charge in [0.2, 0.25) is 5.78 Å². The van der Waals surface area contributed by atoms with E-state index in [0.717, 1.165) is 24.3 Å². The van der Waals surface area contributed by atoms with Crippen LogP contribution >= 0.6 is 0 Å². The minimum atomic E-state index is -2.18. The number of phenols is 3. The lowest BCUT2D eigenvalue weighted by atomic mass is 9.46. The van der Waals surface area contributed by atoms with Crippen LogP contribution in [0.4, 0.5) is 0 Å². The number of aliphatic carboxylic acids is 2. The Morgan fingerprint density at radius 2 is 1.68 bits per heavy atom. The highest BCUT2D eigenvalue weighted by Crippen LogP contribution is 2.67. The number of hydrogen-bond donors (Lipinski definition) is 6. The number of carbonyl (C=O) groups is 5. The number of ketones is 2. The Balaban J connectivity index is 1.52. The second-order valence-electron chi connectivity index (χ2n) is 12.5. The molecule has 2 fully saturated rings. The van der Waals surface area contributed by atoms with E-state index in [1.807, 2.05) is 0 Å². The number of carbonyl (C=O) groups excluding carboxylic acids is 3. The van der Waals surface area contributed by atoms with Gasteiger partial charge in [-0.3, -0.25) is 24.0 Å². The van der Waals surface area contributed by atoms with Gasteiger partial charge in [-0.1, -0.05) is 6.08 Å². The van der Waals surface area contributed by atoms with Crippen LogP contribution in [0.15, 0.2) is 48.0 Å². The molecular weight excluding hydrogens is 576 g/mol. The molecule has 3 aliphatic carbocycles. The molecule has 44 heavy (non-hydrogen) atoms. The second-order valence-corrected chi connectivity index (χ2v) is 12.5. The zero-order valence-corrected chi connectivity index (χ0v) is 23.3. The second kappa shape index (κ2) is 9.91. The number of rotatable bonds is 7. The van der Waals surface area contributed by atoms with Gasteiger partial charge in [0.15, 0.2) is 11.4 Å². The van der Waals surface area contributed by atoms with Gasteiger partial charge >= 0.3 is 11.9 Å². The van der Waals surface area contributed by atoms with Crippen molar-refractivity contribution in [1.29, 1.82) is 0 Å². The van der Waals surface area contributed by atoms with Crippen molar-refractivity contribution in [2.75, 3.05) is 0 Å². The Morgan fingerprint density at radius 3 is 2.36 bits per heavy atom. The van der Waals surface area contributed by atoms with E-state index in [4.69, 9.17) is 4.74 Å². The molecule has 6 rings (SSSR count). The molecule has 4 aliphatic rings. The number of allylic oxidation sites excluding steroid dienone is 2. The van der Waals surface area contributed by atoms with E-state index in [0.29, 0.717) is 6.29 Å². The molecule has 0 aromatic heterocycles. The van der Waals surface area contributed by atoms with Crippen LogP contribution in [-0.2, 0) is 14.4 Å². The SMILES string of the molecule is O=CC1=CC2CC(CC(=O)c3cc(O)ccc3O)(C(=O)O)C(O)C(C3CCC(C(=O)O)C34Oc3ccc(O)cc3C4=O)(C1)C2. The number of ether oxygens (including phenoxy) is 1. The third-order valence-electron chi connectivity index (χ3n) is 10.3. The van der Waals surface area contributed by atoms with E-state index in [-0.39, 0.29) is 66.1 Å². The van der Waals surface area contributed by atoms with Crippen LogP contribution in [0.25, 0.3) is 0 Å². The van der Waals surface area contributed by atoms with Crippen molar-refractivity contribution >= 4 is 29.8 Å². The van der Waals surface area contributed by atoms with Gasteiger partial charge in [0.25, 0.3) is 0 Å². The molecule has 1 heterocycles. The van der Waals surface area contributed by atoms with Crippen LogP contribution in [0.2, 0.25) is 0 Å². The quantitative estimate of drug-likeness (QED) is 0.152. The molecule has 7 unspecified atom stereocenters. The molecule has 1 aliphatic heterocycles. The van der Waals surface area contributed by atoms with Crippen molar-refractivity contribution in [3.63, 3.8) is 0 Å². The lowest BCUT2D eigenvalue weighted by Gasteiger charge is -2.59. The van der Waals surface area contributed by atoms with Crippen LogP contribution in [0.3, 0.4) is 0 Å². The number of aliphatic hydroxyl groups excluding tert-OH is 1. The third kappa shape index (κ3) is 3.97. The third-order valence-corrected chi connectivity index (χ3v) is 10.3. The van der Waals surface area contributed by atoms with E-state index >= 15 is 0 Å². The minimum Gasteiger partial charge on any atom is -0.508 e. The number of Topliss-reactive ketones (excluding diaryl/α,β-unsaturated/α-hetero) is 2. The van der Waals surface area contributed by atoms with Crippen LogP contribution < -0.4 is 4.74 Å². The fourth-order valence-corrected chi connectivity index (χ4v) is 8.65. The van der Waals surface area contributed by atoms with Gasteiger partial charge in [0, 0.05) is 17.8 Å². The maximum atomic E-state index is 14.2. The highest BCUT2D eigenvalue weighted by atomic mass is 16.5. The number of carboxylic acids is 2. The number of carboxylic acid groups (broad SMARTS) is 2. The molecule has 2 bridgehead atoms. The van der Waals surface area contributed by atoms with E-state index in [2.05, 4.69) is 0 Å². The molecule has 12 nitrogen and oxygen atoms in total. The average molecular weight is 607 g/mol. The van der Waals surface area contributed by atoms with Crippen molar-refractivity contribution in [1.82, 2.24) is 0 Å². The lowest BCUT2D eigenvalue weighted by molar-refractivity contribution is -0.196. The largest absolute Gasteiger partial charge is 0.508 e. The number of phenolic OH excluding ortho intramolecular Hbond substituents is 3. The first-order chi connectivity index (χ1) is 20.8. The summed E-state index contributed by atoms with van der Waals surface area (Å²) in [5, 5.41) is 63.6. The smallest absolute Gasteiger partial charge is 0.312 e. The van der Waals surface area contributed by atoms with Crippen molar-refractivity contribution in [2.45, 2.75) is 50.2 Å². The maximum Gasteiger partial charge on any atom is 0.312 e.